The van der Waals surface area contributed by atoms with E-state index in [4.69, 9.17) is 0 Å². The van der Waals surface area contributed by atoms with Crippen LogP contribution >= 0.6 is 11.8 Å². The van der Waals surface area contributed by atoms with Crippen molar-refractivity contribution < 1.29 is 0 Å². The van der Waals surface area contributed by atoms with Crippen LogP contribution in [0.4, 0.5) is 0 Å². The monoisotopic (exact) mass is 129 g/mol. The van der Waals surface area contributed by atoms with E-state index in [-0.39, 0.29) is 0 Å². The van der Waals surface area contributed by atoms with Crippen LogP contribution in [0.25, 0.3) is 0 Å². The Hall–Kier alpha value is -0.240. The average molecular weight is 129 g/mol. The number of hydrogen-bond acceptors (Lipinski definition) is 2. The summed E-state index contributed by atoms with van der Waals surface area (Å²) in [5, 5.41) is 1.99. The maximum absolute atomic E-state index is 3.88. The van der Waals surface area contributed by atoms with E-state index in [0.29, 0.717) is 0 Å². The lowest BCUT2D eigenvalue weighted by Crippen LogP contribution is -1.57. The number of aliphatic imine (C=N–C) groups is 1. The molecule has 0 unspecified atom stereocenters. The van der Waals surface area contributed by atoms with Crippen molar-refractivity contribution in [2.75, 3.05) is 5.75 Å². The molecule has 0 fully saturated rings. The van der Waals surface area contributed by atoms with Crippen LogP contribution in [0.2, 0.25) is 0 Å². The topological polar surface area (TPSA) is 12.4 Å². The Morgan fingerprint density at radius 3 is 2.88 bits per heavy atom. The maximum atomic E-state index is 3.88. The minimum absolute atomic E-state index is 1.12. The largest absolute Gasteiger partial charge is 0.269 e. The molecule has 0 radical (unpaired) electrons. The number of rotatable bonds is 3. The van der Waals surface area contributed by atoms with Crippen LogP contribution in [-0.2, 0) is 0 Å². The molecule has 0 N–H and O–H groups in total. The molecule has 0 aromatic carbocycles. The zero-order valence-corrected chi connectivity index (χ0v) is 6.11. The fourth-order valence-corrected chi connectivity index (χ4v) is 0.609. The van der Waals surface area contributed by atoms with Crippen molar-refractivity contribution in [1.29, 1.82) is 0 Å². The number of thioether (sulfide) groups is 1. The Morgan fingerprint density at radius 2 is 2.38 bits per heavy atom. The van der Waals surface area contributed by atoms with E-state index in [1.807, 2.05) is 12.3 Å². The van der Waals surface area contributed by atoms with Crippen LogP contribution < -0.4 is 0 Å². The molecule has 0 aliphatic carbocycles. The van der Waals surface area contributed by atoms with Crippen molar-refractivity contribution in [1.82, 2.24) is 0 Å². The van der Waals surface area contributed by atoms with Crippen LogP contribution in [0.1, 0.15) is 13.8 Å². The van der Waals surface area contributed by atoms with Crippen LogP contribution in [-0.4, -0.2) is 12.0 Å². The van der Waals surface area contributed by atoms with Gasteiger partial charge >= 0.3 is 0 Å². The lowest BCUT2D eigenvalue weighted by molar-refractivity contribution is 1.53. The summed E-state index contributed by atoms with van der Waals surface area (Å²) in [5.41, 5.74) is 0. The Labute approximate surface area is 54.9 Å². The highest BCUT2D eigenvalue weighted by Gasteiger charge is 1.67. The predicted octanol–water partition coefficient (Wildman–Crippen LogP) is 2.30. The Balaban J connectivity index is 3.07. The zero-order chi connectivity index (χ0) is 6.24. The first-order valence-corrected chi connectivity index (χ1v) is 3.71. The zero-order valence-electron chi connectivity index (χ0n) is 5.29. The number of nitrogens with zero attached hydrogens (tertiary/aromatic N) is 1. The van der Waals surface area contributed by atoms with Crippen LogP contribution in [0.3, 0.4) is 0 Å². The molecule has 0 aromatic rings. The molecule has 8 heavy (non-hydrogen) atoms. The molecular weight excluding hydrogens is 118 g/mol. The molecule has 0 saturated heterocycles. The van der Waals surface area contributed by atoms with Crippen LogP contribution in [0, 0.1) is 0 Å². The second kappa shape index (κ2) is 6.76. The third-order valence-electron chi connectivity index (χ3n) is 0.559. The molecule has 0 atom stereocenters. The molecule has 1 nitrogen and oxygen atoms in total. The van der Waals surface area contributed by atoms with Crippen LogP contribution in [0.15, 0.2) is 16.6 Å². The first kappa shape index (κ1) is 7.76. The van der Waals surface area contributed by atoms with Gasteiger partial charge in [-0.15, -0.1) is 11.8 Å². The van der Waals surface area contributed by atoms with Crippen LogP contribution in [0.5, 0.6) is 0 Å². The highest BCUT2D eigenvalue weighted by Crippen LogP contribution is 1.98. The Morgan fingerprint density at radius 1 is 1.62 bits per heavy atom. The molecule has 0 spiro atoms. The molecule has 2 heteroatoms. The highest BCUT2D eigenvalue weighted by atomic mass is 32.2. The molecule has 0 heterocycles. The van der Waals surface area contributed by atoms with E-state index in [9.17, 15) is 0 Å². The molecule has 0 aliphatic heterocycles. The lowest BCUT2D eigenvalue weighted by Gasteiger charge is -1.78. The van der Waals surface area contributed by atoms with Gasteiger partial charge in [-0.1, -0.05) is 6.92 Å². The first-order valence-electron chi connectivity index (χ1n) is 2.66. The van der Waals surface area contributed by atoms with Gasteiger partial charge in [-0.05, 0) is 18.1 Å². The van der Waals surface area contributed by atoms with Crippen molar-refractivity contribution >= 4 is 18.0 Å². The fraction of sp³-hybridized carbons (Fsp3) is 0.500. The maximum Gasteiger partial charge on any atom is 0.0326 e. The van der Waals surface area contributed by atoms with E-state index in [1.54, 1.807) is 24.2 Å². The second-order valence-corrected chi connectivity index (χ2v) is 2.33. The summed E-state index contributed by atoms with van der Waals surface area (Å²) in [6.07, 6.45) is 3.57. The standard InChI is InChI=1S/C6H11NS/c1-3-7-5-6-8-4-2/h3,5-6H,4H2,1-2H3. The predicted molar refractivity (Wildman–Crippen MR) is 41.4 cm³/mol. The fourth-order valence-electron chi connectivity index (χ4n) is 0.260. The molecule has 0 aromatic heterocycles. The van der Waals surface area contributed by atoms with Gasteiger partial charge in [-0.25, -0.2) is 0 Å². The van der Waals surface area contributed by atoms with Gasteiger partial charge in [0.2, 0.25) is 0 Å². The highest BCUT2D eigenvalue weighted by molar-refractivity contribution is 8.02. The minimum Gasteiger partial charge on any atom is -0.269 e. The van der Waals surface area contributed by atoms with Gasteiger partial charge < -0.3 is 0 Å². The molecular formula is C6H11NS. The normalized spacial score (nSPS) is 11.8. The molecule has 0 rings (SSSR count). The van der Waals surface area contributed by atoms with E-state index in [0.717, 1.165) is 5.75 Å². The summed E-state index contributed by atoms with van der Waals surface area (Å²) in [6.45, 7) is 4.02. The summed E-state index contributed by atoms with van der Waals surface area (Å²) in [5.74, 6) is 1.12. The van der Waals surface area contributed by atoms with Gasteiger partial charge in [0.05, 0.1) is 0 Å². The van der Waals surface area contributed by atoms with Gasteiger partial charge in [-0.2, -0.15) is 0 Å². The first-order chi connectivity index (χ1) is 3.91. The van der Waals surface area contributed by atoms with Crippen molar-refractivity contribution in [3.63, 3.8) is 0 Å². The van der Waals surface area contributed by atoms with E-state index >= 15 is 0 Å². The van der Waals surface area contributed by atoms with Crippen molar-refractivity contribution in [3.8, 4) is 0 Å². The van der Waals surface area contributed by atoms with Crippen molar-refractivity contribution in [2.24, 2.45) is 4.99 Å². The van der Waals surface area contributed by atoms with Gasteiger partial charge in [0.15, 0.2) is 0 Å². The molecule has 0 aliphatic rings. The van der Waals surface area contributed by atoms with Gasteiger partial charge in [0, 0.05) is 12.4 Å². The quantitative estimate of drug-likeness (QED) is 0.533. The molecule has 0 saturated carbocycles. The number of hydrogen-bond donors (Lipinski definition) is 0. The van der Waals surface area contributed by atoms with Gasteiger partial charge in [0.25, 0.3) is 0 Å². The Bertz CT molecular complexity index is 86.5. The van der Waals surface area contributed by atoms with E-state index in [2.05, 4.69) is 11.9 Å². The van der Waals surface area contributed by atoms with E-state index in [1.165, 1.54) is 0 Å². The summed E-state index contributed by atoms with van der Waals surface area (Å²) in [7, 11) is 0. The van der Waals surface area contributed by atoms with Crippen molar-refractivity contribution in [2.45, 2.75) is 13.8 Å². The van der Waals surface area contributed by atoms with Gasteiger partial charge in [0.1, 0.15) is 0 Å². The molecule has 0 bridgehead atoms. The summed E-state index contributed by atoms with van der Waals surface area (Å²) < 4.78 is 0. The molecule has 0 amide bonds. The Kier molecular flexibility index (Phi) is 6.56. The van der Waals surface area contributed by atoms with Crippen molar-refractivity contribution in [3.05, 3.63) is 11.6 Å². The summed E-state index contributed by atoms with van der Waals surface area (Å²) in [4.78, 5) is 3.88. The summed E-state index contributed by atoms with van der Waals surface area (Å²) >= 11 is 1.75. The smallest absolute Gasteiger partial charge is 0.0326 e. The third kappa shape index (κ3) is 5.76. The van der Waals surface area contributed by atoms with E-state index < -0.39 is 0 Å². The molecule has 46 valence electrons. The SMILES string of the molecule is CC=NC=CSCC. The average Bonchev–Trinajstić information content (AvgIpc) is 1.81. The van der Waals surface area contributed by atoms with Gasteiger partial charge in [-0.3, -0.25) is 4.99 Å². The second-order valence-electron chi connectivity index (χ2n) is 1.15. The minimum atomic E-state index is 1.12. The third-order valence-corrected chi connectivity index (χ3v) is 1.21. The lowest BCUT2D eigenvalue weighted by atomic mass is 10.9. The summed E-state index contributed by atoms with van der Waals surface area (Å²) in [6, 6.07) is 0.